The van der Waals surface area contributed by atoms with Crippen molar-refractivity contribution < 1.29 is 14.2 Å². The van der Waals surface area contributed by atoms with Gasteiger partial charge in [0.15, 0.2) is 0 Å². The number of rotatable bonds is 6. The van der Waals surface area contributed by atoms with Crippen LogP contribution in [0, 0.1) is 5.82 Å². The first-order valence-electron chi connectivity index (χ1n) is 5.44. The van der Waals surface area contributed by atoms with Gasteiger partial charge in [-0.15, -0.1) is 0 Å². The smallest absolute Gasteiger partial charge is 0.130 e. The van der Waals surface area contributed by atoms with Crippen LogP contribution in [-0.2, 0) is 10.3 Å². The molecule has 0 aromatic heterocycles. The zero-order valence-electron chi connectivity index (χ0n) is 9.75. The molecule has 96 valence electrons. The predicted molar refractivity (Wildman–Crippen MR) is 68.2 cm³/mol. The van der Waals surface area contributed by atoms with E-state index < -0.39 is 5.60 Å². The summed E-state index contributed by atoms with van der Waals surface area (Å²) in [5.41, 5.74) is 5.23. The zero-order valence-corrected chi connectivity index (χ0v) is 11.3. The standard InChI is InChI=1S/C12H17BrFNO2/c1-12(8-15,17-6-2-5-16)10-4-3-9(13)7-11(10)14/h3-4,7,16H,2,5-6,8,15H2,1H3. The summed E-state index contributed by atoms with van der Waals surface area (Å²) >= 11 is 3.20. The Hall–Kier alpha value is -0.490. The Balaban J connectivity index is 2.90. The molecule has 0 saturated heterocycles. The van der Waals surface area contributed by atoms with Crippen LogP contribution >= 0.6 is 15.9 Å². The number of aliphatic hydroxyl groups excluding tert-OH is 1. The van der Waals surface area contributed by atoms with Gasteiger partial charge in [-0.1, -0.05) is 22.0 Å². The van der Waals surface area contributed by atoms with Crippen LogP contribution in [0.4, 0.5) is 4.39 Å². The van der Waals surface area contributed by atoms with Crippen molar-refractivity contribution in [1.82, 2.24) is 0 Å². The summed E-state index contributed by atoms with van der Waals surface area (Å²) in [5.74, 6) is -0.351. The second-order valence-electron chi connectivity index (χ2n) is 3.98. The molecule has 0 saturated carbocycles. The third-order valence-corrected chi connectivity index (χ3v) is 3.11. The molecule has 0 aliphatic heterocycles. The van der Waals surface area contributed by atoms with E-state index in [9.17, 15) is 4.39 Å². The molecule has 0 radical (unpaired) electrons. The first-order valence-corrected chi connectivity index (χ1v) is 6.23. The van der Waals surface area contributed by atoms with Crippen LogP contribution < -0.4 is 5.73 Å². The maximum Gasteiger partial charge on any atom is 0.130 e. The van der Waals surface area contributed by atoms with Gasteiger partial charge in [0.05, 0.1) is 6.61 Å². The number of ether oxygens (including phenoxy) is 1. The van der Waals surface area contributed by atoms with Crippen LogP contribution in [0.5, 0.6) is 0 Å². The normalized spacial score (nSPS) is 14.6. The highest BCUT2D eigenvalue weighted by atomic mass is 79.9. The molecule has 1 atom stereocenters. The Bertz CT molecular complexity index is 376. The fourth-order valence-corrected chi connectivity index (χ4v) is 1.86. The number of benzene rings is 1. The minimum Gasteiger partial charge on any atom is -0.396 e. The molecule has 0 fully saturated rings. The molecule has 0 heterocycles. The van der Waals surface area contributed by atoms with E-state index in [1.54, 1.807) is 19.1 Å². The Morgan fingerprint density at radius 1 is 1.53 bits per heavy atom. The minimum absolute atomic E-state index is 0.0451. The van der Waals surface area contributed by atoms with Crippen molar-refractivity contribution in [3.05, 3.63) is 34.1 Å². The molecule has 0 aliphatic carbocycles. The molecule has 3 nitrogen and oxygen atoms in total. The lowest BCUT2D eigenvalue weighted by Crippen LogP contribution is -2.36. The SMILES string of the molecule is CC(CN)(OCCCO)c1ccc(Br)cc1F. The molecule has 0 amide bonds. The molecule has 1 rings (SSSR count). The lowest BCUT2D eigenvalue weighted by molar-refractivity contribution is -0.0364. The predicted octanol–water partition coefficient (Wildman–Crippen LogP) is 2.16. The Morgan fingerprint density at radius 3 is 2.76 bits per heavy atom. The maximum absolute atomic E-state index is 13.8. The van der Waals surface area contributed by atoms with E-state index in [4.69, 9.17) is 15.6 Å². The summed E-state index contributed by atoms with van der Waals surface area (Å²) in [5, 5.41) is 8.71. The van der Waals surface area contributed by atoms with Gasteiger partial charge in [0.1, 0.15) is 11.4 Å². The number of hydrogen-bond acceptors (Lipinski definition) is 3. The largest absolute Gasteiger partial charge is 0.396 e. The van der Waals surface area contributed by atoms with E-state index in [0.29, 0.717) is 23.1 Å². The molecule has 3 N–H and O–H groups in total. The van der Waals surface area contributed by atoms with E-state index in [-0.39, 0.29) is 19.0 Å². The van der Waals surface area contributed by atoms with Gasteiger partial charge in [0.25, 0.3) is 0 Å². The van der Waals surface area contributed by atoms with E-state index in [2.05, 4.69) is 15.9 Å². The number of nitrogens with two attached hydrogens (primary N) is 1. The summed E-state index contributed by atoms with van der Waals surface area (Å²) in [4.78, 5) is 0. The van der Waals surface area contributed by atoms with Crippen LogP contribution in [0.25, 0.3) is 0 Å². The van der Waals surface area contributed by atoms with Crippen molar-refractivity contribution in [2.24, 2.45) is 5.73 Å². The molecular formula is C12H17BrFNO2. The van der Waals surface area contributed by atoms with Crippen molar-refractivity contribution >= 4 is 15.9 Å². The third-order valence-electron chi connectivity index (χ3n) is 2.61. The Kier molecular flexibility index (Phi) is 5.52. The van der Waals surface area contributed by atoms with Crippen LogP contribution in [0.2, 0.25) is 0 Å². The van der Waals surface area contributed by atoms with Gasteiger partial charge < -0.3 is 15.6 Å². The summed E-state index contributed by atoms with van der Waals surface area (Å²) in [7, 11) is 0. The fraction of sp³-hybridized carbons (Fsp3) is 0.500. The van der Waals surface area contributed by atoms with Crippen molar-refractivity contribution in [2.45, 2.75) is 18.9 Å². The van der Waals surface area contributed by atoms with Gasteiger partial charge in [0.2, 0.25) is 0 Å². The molecule has 1 aromatic carbocycles. The summed E-state index contributed by atoms with van der Waals surface area (Å²) in [6.45, 7) is 2.32. The molecule has 17 heavy (non-hydrogen) atoms. The minimum atomic E-state index is -0.861. The van der Waals surface area contributed by atoms with Gasteiger partial charge in [-0.25, -0.2) is 4.39 Å². The van der Waals surface area contributed by atoms with Crippen LogP contribution in [0.3, 0.4) is 0 Å². The van der Waals surface area contributed by atoms with Crippen LogP contribution in [0.15, 0.2) is 22.7 Å². The summed E-state index contributed by atoms with van der Waals surface area (Å²) in [6, 6.07) is 4.80. The lowest BCUT2D eigenvalue weighted by Gasteiger charge is -2.29. The third kappa shape index (κ3) is 3.74. The number of hydrogen-bond donors (Lipinski definition) is 2. The van der Waals surface area contributed by atoms with Crippen molar-refractivity contribution in [2.75, 3.05) is 19.8 Å². The number of halogens is 2. The highest BCUT2D eigenvalue weighted by molar-refractivity contribution is 9.10. The summed E-state index contributed by atoms with van der Waals surface area (Å²) < 4.78 is 20.1. The number of aliphatic hydroxyl groups is 1. The van der Waals surface area contributed by atoms with Crippen molar-refractivity contribution in [3.63, 3.8) is 0 Å². The van der Waals surface area contributed by atoms with Crippen molar-refractivity contribution in [3.8, 4) is 0 Å². The zero-order chi connectivity index (χ0) is 12.9. The topological polar surface area (TPSA) is 55.5 Å². The highest BCUT2D eigenvalue weighted by Crippen LogP contribution is 2.28. The van der Waals surface area contributed by atoms with Crippen LogP contribution in [0.1, 0.15) is 18.9 Å². The van der Waals surface area contributed by atoms with Gasteiger partial charge in [-0.2, -0.15) is 0 Å². The van der Waals surface area contributed by atoms with E-state index in [0.717, 1.165) is 0 Å². The molecule has 1 unspecified atom stereocenters. The van der Waals surface area contributed by atoms with E-state index in [1.165, 1.54) is 6.07 Å². The average Bonchev–Trinajstić information content (AvgIpc) is 2.29. The molecule has 0 aliphatic rings. The highest BCUT2D eigenvalue weighted by Gasteiger charge is 2.28. The second-order valence-corrected chi connectivity index (χ2v) is 4.90. The molecule has 1 aromatic rings. The lowest BCUT2D eigenvalue weighted by atomic mass is 9.95. The van der Waals surface area contributed by atoms with Gasteiger partial charge in [-0.3, -0.25) is 0 Å². The van der Waals surface area contributed by atoms with E-state index in [1.807, 2.05) is 0 Å². The molecular weight excluding hydrogens is 289 g/mol. The molecule has 0 bridgehead atoms. The first-order chi connectivity index (χ1) is 8.03. The fourth-order valence-electron chi connectivity index (χ4n) is 1.53. The second kappa shape index (κ2) is 6.44. The van der Waals surface area contributed by atoms with Crippen molar-refractivity contribution in [1.29, 1.82) is 0 Å². The average molecular weight is 306 g/mol. The Labute approximate surface area is 109 Å². The first kappa shape index (κ1) is 14.6. The van der Waals surface area contributed by atoms with Gasteiger partial charge >= 0.3 is 0 Å². The van der Waals surface area contributed by atoms with Gasteiger partial charge in [-0.05, 0) is 25.5 Å². The Morgan fingerprint density at radius 2 is 2.24 bits per heavy atom. The molecule has 5 heteroatoms. The van der Waals surface area contributed by atoms with Crippen LogP contribution in [-0.4, -0.2) is 24.9 Å². The maximum atomic E-state index is 13.8. The summed E-state index contributed by atoms with van der Waals surface area (Å²) in [6.07, 6.45) is 0.508. The molecule has 0 spiro atoms. The quantitative estimate of drug-likeness (QED) is 0.792. The monoisotopic (exact) mass is 305 g/mol. The van der Waals surface area contributed by atoms with E-state index >= 15 is 0 Å². The van der Waals surface area contributed by atoms with Gasteiger partial charge in [0, 0.05) is 23.2 Å².